The molecule has 1 atom stereocenters. The Morgan fingerprint density at radius 3 is 2.67 bits per heavy atom. The maximum absolute atomic E-state index is 14.2. The van der Waals surface area contributed by atoms with Gasteiger partial charge in [-0.3, -0.25) is 4.79 Å². The van der Waals surface area contributed by atoms with Crippen molar-refractivity contribution in [3.63, 3.8) is 0 Å². The number of benzene rings is 1. The van der Waals surface area contributed by atoms with Gasteiger partial charge in [-0.1, -0.05) is 13.3 Å². The summed E-state index contributed by atoms with van der Waals surface area (Å²) in [4.78, 5) is 32.1. The van der Waals surface area contributed by atoms with Crippen LogP contribution in [0.25, 0.3) is 11.1 Å². The van der Waals surface area contributed by atoms with Gasteiger partial charge in [-0.15, -0.1) is 23.5 Å². The zero-order valence-corrected chi connectivity index (χ0v) is 22.7. The molecule has 1 aromatic carbocycles. The molecular weight excluding hydrogens is 499 g/mol. The molecule has 2 heterocycles. The number of urea groups is 1. The minimum absolute atomic E-state index is 0.0554. The molecule has 1 unspecified atom stereocenters. The van der Waals surface area contributed by atoms with Crippen molar-refractivity contribution in [1.29, 1.82) is 0 Å². The van der Waals surface area contributed by atoms with Crippen LogP contribution >= 0.6 is 23.5 Å². The SMILES string of the molecule is CCCCn1ccc(-c2cc(F)ccc2OC)c(NC(=O)NC2C=C(SC)N=C(C)C=C2SC)c1=O. The zero-order valence-electron chi connectivity index (χ0n) is 21.1. The Kier molecular flexibility index (Phi) is 9.83. The number of aryl methyl sites for hydroxylation is 1. The van der Waals surface area contributed by atoms with Gasteiger partial charge in [0.25, 0.3) is 5.56 Å². The Hall–Kier alpha value is -2.98. The number of carbonyl (C=O) groups is 1. The number of halogens is 1. The Balaban J connectivity index is 2.02. The third kappa shape index (κ3) is 6.61. The smallest absolute Gasteiger partial charge is 0.320 e. The molecule has 2 N–H and O–H groups in total. The van der Waals surface area contributed by atoms with E-state index >= 15 is 0 Å². The fourth-order valence-electron chi connectivity index (χ4n) is 3.78. The van der Waals surface area contributed by atoms with Gasteiger partial charge in [-0.2, -0.15) is 0 Å². The number of thioether (sulfide) groups is 2. The quantitative estimate of drug-likeness (QED) is 0.423. The van der Waals surface area contributed by atoms with Gasteiger partial charge in [-0.25, -0.2) is 14.2 Å². The van der Waals surface area contributed by atoms with Crippen molar-refractivity contribution >= 4 is 41.0 Å². The number of methoxy groups -OCH3 is 1. The molecule has 192 valence electrons. The number of hydrogen-bond donors (Lipinski definition) is 2. The van der Waals surface area contributed by atoms with E-state index in [-0.39, 0.29) is 11.2 Å². The van der Waals surface area contributed by atoms with Gasteiger partial charge in [0, 0.05) is 34.5 Å². The van der Waals surface area contributed by atoms with Crippen LogP contribution in [0.4, 0.5) is 14.9 Å². The van der Waals surface area contributed by atoms with E-state index in [1.165, 1.54) is 48.8 Å². The summed E-state index contributed by atoms with van der Waals surface area (Å²) in [6.07, 6.45) is 11.0. The van der Waals surface area contributed by atoms with Gasteiger partial charge in [0.15, 0.2) is 0 Å². The van der Waals surface area contributed by atoms with Crippen molar-refractivity contribution in [1.82, 2.24) is 9.88 Å². The van der Waals surface area contributed by atoms with E-state index in [0.717, 1.165) is 28.5 Å². The highest BCUT2D eigenvalue weighted by Gasteiger charge is 2.22. The molecule has 0 radical (unpaired) electrons. The molecule has 2 amide bonds. The molecule has 1 aliphatic rings. The van der Waals surface area contributed by atoms with E-state index in [1.807, 2.05) is 38.5 Å². The number of ether oxygens (including phenoxy) is 1. The van der Waals surface area contributed by atoms with Crippen LogP contribution in [0.5, 0.6) is 5.75 Å². The first-order valence-corrected chi connectivity index (χ1v) is 14.0. The molecule has 1 aliphatic heterocycles. The summed E-state index contributed by atoms with van der Waals surface area (Å²) in [7, 11) is 1.47. The van der Waals surface area contributed by atoms with E-state index < -0.39 is 17.9 Å². The second-order valence-corrected chi connectivity index (χ2v) is 9.80. The summed E-state index contributed by atoms with van der Waals surface area (Å²) in [6.45, 7) is 4.45. The number of aliphatic imine (C=N–C) groups is 1. The lowest BCUT2D eigenvalue weighted by Crippen LogP contribution is -2.39. The van der Waals surface area contributed by atoms with Crippen LogP contribution in [0.2, 0.25) is 0 Å². The molecule has 0 saturated carbocycles. The predicted octanol–water partition coefficient (Wildman–Crippen LogP) is 5.88. The lowest BCUT2D eigenvalue weighted by Gasteiger charge is -2.19. The van der Waals surface area contributed by atoms with Crippen molar-refractivity contribution in [2.24, 2.45) is 4.99 Å². The minimum atomic E-state index is -0.557. The van der Waals surface area contributed by atoms with Crippen LogP contribution in [0, 0.1) is 5.82 Å². The van der Waals surface area contributed by atoms with Gasteiger partial charge in [-0.05, 0) is 62.3 Å². The highest BCUT2D eigenvalue weighted by Crippen LogP contribution is 2.34. The number of hydrogen-bond acceptors (Lipinski definition) is 6. The lowest BCUT2D eigenvalue weighted by atomic mass is 10.0. The topological polar surface area (TPSA) is 84.7 Å². The number of nitrogens with zero attached hydrogens (tertiary/aromatic N) is 2. The number of anilines is 1. The minimum Gasteiger partial charge on any atom is -0.496 e. The maximum Gasteiger partial charge on any atom is 0.320 e. The first-order valence-electron chi connectivity index (χ1n) is 11.5. The second kappa shape index (κ2) is 12.8. The number of carbonyl (C=O) groups excluding carboxylic acids is 1. The summed E-state index contributed by atoms with van der Waals surface area (Å²) < 4.78 is 21.1. The highest BCUT2D eigenvalue weighted by atomic mass is 32.2. The Labute approximate surface area is 219 Å². The van der Waals surface area contributed by atoms with Crippen molar-refractivity contribution < 1.29 is 13.9 Å². The monoisotopic (exact) mass is 530 g/mol. The number of allylic oxidation sites excluding steroid dienone is 1. The average molecular weight is 531 g/mol. The number of nitrogens with one attached hydrogen (secondary N) is 2. The zero-order chi connectivity index (χ0) is 26.2. The van der Waals surface area contributed by atoms with Gasteiger partial charge in [0.05, 0.1) is 18.2 Å². The van der Waals surface area contributed by atoms with Gasteiger partial charge >= 0.3 is 6.03 Å². The third-order valence-corrected chi connectivity index (χ3v) is 7.08. The molecule has 1 aromatic heterocycles. The molecule has 0 fully saturated rings. The van der Waals surface area contributed by atoms with E-state index in [0.29, 0.717) is 23.4 Å². The molecule has 3 rings (SSSR count). The first-order chi connectivity index (χ1) is 17.3. The van der Waals surface area contributed by atoms with Crippen LogP contribution in [-0.4, -0.2) is 42.0 Å². The molecule has 2 aromatic rings. The maximum atomic E-state index is 14.2. The summed E-state index contributed by atoms with van der Waals surface area (Å²) >= 11 is 3.00. The van der Waals surface area contributed by atoms with Crippen molar-refractivity contribution in [2.75, 3.05) is 24.9 Å². The summed E-state index contributed by atoms with van der Waals surface area (Å²) in [5.41, 5.74) is 1.27. The number of pyridine rings is 1. The molecule has 10 heteroatoms. The van der Waals surface area contributed by atoms with Crippen LogP contribution in [-0.2, 0) is 6.54 Å². The number of unbranched alkanes of at least 4 members (excludes halogenated alkanes) is 1. The van der Waals surface area contributed by atoms with Crippen molar-refractivity contribution in [3.8, 4) is 16.9 Å². The van der Waals surface area contributed by atoms with E-state index in [2.05, 4.69) is 15.6 Å². The van der Waals surface area contributed by atoms with Gasteiger partial charge in [0.1, 0.15) is 17.3 Å². The summed E-state index contributed by atoms with van der Waals surface area (Å²) in [5, 5.41) is 6.48. The van der Waals surface area contributed by atoms with Crippen LogP contribution in [0.3, 0.4) is 0 Å². The number of amides is 2. The molecule has 0 spiro atoms. The molecule has 0 bridgehead atoms. The first kappa shape index (κ1) is 27.6. The van der Waals surface area contributed by atoms with Crippen molar-refractivity contribution in [3.05, 3.63) is 68.7 Å². The van der Waals surface area contributed by atoms with Gasteiger partial charge in [0.2, 0.25) is 0 Å². The largest absolute Gasteiger partial charge is 0.496 e. The average Bonchev–Trinajstić information content (AvgIpc) is 3.02. The van der Waals surface area contributed by atoms with E-state index in [1.54, 1.807) is 16.8 Å². The normalized spacial score (nSPS) is 15.4. The summed E-state index contributed by atoms with van der Waals surface area (Å²) in [5.74, 6) is -0.0863. The molecule has 0 aliphatic carbocycles. The molecule has 36 heavy (non-hydrogen) atoms. The highest BCUT2D eigenvalue weighted by molar-refractivity contribution is 8.02. The molecule has 0 saturated heterocycles. The molecular formula is C26H31FN4O3S2. The van der Waals surface area contributed by atoms with Gasteiger partial charge < -0.3 is 19.9 Å². The van der Waals surface area contributed by atoms with E-state index in [4.69, 9.17) is 4.74 Å². The third-order valence-electron chi connectivity index (χ3n) is 5.59. The fourth-order valence-corrected chi connectivity index (χ4v) is 4.96. The lowest BCUT2D eigenvalue weighted by molar-refractivity contribution is 0.251. The number of aromatic nitrogens is 1. The van der Waals surface area contributed by atoms with E-state index in [9.17, 15) is 14.0 Å². The standard InChI is InChI=1S/C26H31FN4O3S2/c1-6-7-11-31-12-10-18(19-14-17(27)8-9-21(19)34-3)24(25(31)32)30-26(33)29-20-15-23(36-5)28-16(2)13-22(20)35-4/h8-10,12-15,20H,6-7,11H2,1-5H3,(H2,29,30,33). The van der Waals surface area contributed by atoms with Crippen molar-refractivity contribution in [2.45, 2.75) is 39.3 Å². The predicted molar refractivity (Wildman–Crippen MR) is 150 cm³/mol. The van der Waals surface area contributed by atoms with Crippen LogP contribution in [0.15, 0.2) is 62.3 Å². The number of rotatable bonds is 9. The second-order valence-electron chi connectivity index (χ2n) is 8.09. The van der Waals surface area contributed by atoms with Crippen LogP contribution < -0.4 is 20.9 Å². The Bertz CT molecular complexity index is 1270. The van der Waals surface area contributed by atoms with Crippen LogP contribution in [0.1, 0.15) is 26.7 Å². The fraction of sp³-hybridized carbons (Fsp3) is 0.346. The Morgan fingerprint density at radius 1 is 1.22 bits per heavy atom. The Morgan fingerprint density at radius 2 is 2.00 bits per heavy atom. The molecule has 7 nitrogen and oxygen atoms in total. The summed E-state index contributed by atoms with van der Waals surface area (Å²) in [6, 6.07) is 4.79.